The molecule has 8 heteroatoms. The average Bonchev–Trinajstić information content (AvgIpc) is 2.64. The number of hydrogen-bond acceptors (Lipinski definition) is 4. The van der Waals surface area contributed by atoms with Crippen molar-refractivity contribution in [3.05, 3.63) is 53.8 Å². The van der Waals surface area contributed by atoms with Crippen molar-refractivity contribution in [1.82, 2.24) is 5.32 Å². The van der Waals surface area contributed by atoms with Crippen LogP contribution in [0.15, 0.2) is 42.5 Å². The number of halogens is 4. The van der Waals surface area contributed by atoms with E-state index < -0.39 is 30.0 Å². The summed E-state index contributed by atoms with van der Waals surface area (Å²) in [6.45, 7) is 3.57. The van der Waals surface area contributed by atoms with E-state index in [0.717, 1.165) is 31.4 Å². The third-order valence-corrected chi connectivity index (χ3v) is 4.40. The van der Waals surface area contributed by atoms with Gasteiger partial charge >= 0.3 is 12.1 Å². The first kappa shape index (κ1) is 22.7. The smallest absolute Gasteiger partial charge is 0.407 e. The van der Waals surface area contributed by atoms with Gasteiger partial charge in [-0.05, 0) is 47.7 Å². The van der Waals surface area contributed by atoms with Gasteiger partial charge in [0.2, 0.25) is 0 Å². The molecule has 2 aromatic carbocycles. The van der Waals surface area contributed by atoms with E-state index in [9.17, 15) is 27.5 Å². The summed E-state index contributed by atoms with van der Waals surface area (Å²) in [6.07, 6.45) is -4.55. The van der Waals surface area contributed by atoms with Crippen molar-refractivity contribution in [1.29, 1.82) is 0 Å². The molecule has 0 heterocycles. The molecular weight excluding hydrogens is 390 g/mol. The zero-order valence-corrected chi connectivity index (χ0v) is 16.3. The third kappa shape index (κ3) is 5.93. The van der Waals surface area contributed by atoms with Crippen molar-refractivity contribution in [3.63, 3.8) is 0 Å². The number of ether oxygens (including phenoxy) is 1. The Balaban J connectivity index is 2.46. The Labute approximate surface area is 166 Å². The minimum absolute atomic E-state index is 0.0462. The number of carbonyl (C=O) groups is 1. The number of esters is 1. The molecule has 4 nitrogen and oxygen atoms in total. The zero-order valence-electron chi connectivity index (χ0n) is 16.3. The van der Waals surface area contributed by atoms with Crippen LogP contribution in [0.2, 0.25) is 0 Å². The fourth-order valence-corrected chi connectivity index (χ4v) is 3.02. The van der Waals surface area contributed by atoms with Crippen molar-refractivity contribution in [2.45, 2.75) is 38.5 Å². The Hall–Kier alpha value is -2.61. The Morgan fingerprint density at radius 3 is 2.28 bits per heavy atom. The first-order valence-electron chi connectivity index (χ1n) is 9.02. The maximum atomic E-state index is 13.8. The number of phenolic OH excluding ortho intramolecular Hbond substituents is 1. The minimum atomic E-state index is -4.71. The van der Waals surface area contributed by atoms with E-state index in [0.29, 0.717) is 5.56 Å². The second-order valence-corrected chi connectivity index (χ2v) is 7.13. The lowest BCUT2D eigenvalue weighted by Gasteiger charge is -2.28. The average molecular weight is 413 g/mol. The van der Waals surface area contributed by atoms with Gasteiger partial charge in [0.05, 0.1) is 7.11 Å². The van der Waals surface area contributed by atoms with Gasteiger partial charge in [-0.2, -0.15) is 13.2 Å². The highest BCUT2D eigenvalue weighted by Gasteiger charge is 2.43. The number of methoxy groups -OCH3 is 1. The van der Waals surface area contributed by atoms with Gasteiger partial charge in [0, 0.05) is 5.56 Å². The molecule has 0 saturated heterocycles. The summed E-state index contributed by atoms with van der Waals surface area (Å²) >= 11 is 0. The SMILES string of the molecule is COC(=O)[C@H](CC(C)C)NC(c1ccc(O)c(-c2ccc(F)cc2)c1)C(F)(F)F. The van der Waals surface area contributed by atoms with Gasteiger partial charge in [-0.1, -0.05) is 32.0 Å². The monoisotopic (exact) mass is 413 g/mol. The molecule has 2 rings (SSSR count). The Bertz CT molecular complexity index is 835. The second-order valence-electron chi connectivity index (χ2n) is 7.13. The molecule has 0 aliphatic heterocycles. The number of alkyl halides is 3. The van der Waals surface area contributed by atoms with Gasteiger partial charge in [-0.3, -0.25) is 10.1 Å². The number of benzene rings is 2. The van der Waals surface area contributed by atoms with Crippen molar-refractivity contribution >= 4 is 5.97 Å². The van der Waals surface area contributed by atoms with Crippen molar-refractivity contribution in [3.8, 4) is 16.9 Å². The van der Waals surface area contributed by atoms with E-state index in [1.54, 1.807) is 13.8 Å². The summed E-state index contributed by atoms with van der Waals surface area (Å²) in [5, 5.41) is 12.5. The van der Waals surface area contributed by atoms with Crippen molar-refractivity contribution < 1.29 is 32.2 Å². The topological polar surface area (TPSA) is 58.6 Å². The standard InChI is InChI=1S/C21H23F4NO3/c1-12(2)10-17(20(28)29-3)26-19(21(23,24)25)14-6-9-18(27)16(11-14)13-4-7-15(22)8-5-13/h4-9,11-12,17,19,26-27H,10H2,1-3H3/t17-,19?/m0/s1. The molecule has 0 amide bonds. The second kappa shape index (κ2) is 9.26. The van der Waals surface area contributed by atoms with E-state index >= 15 is 0 Å². The molecule has 0 spiro atoms. The van der Waals surface area contributed by atoms with Gasteiger partial charge in [0.1, 0.15) is 23.7 Å². The summed E-state index contributed by atoms with van der Waals surface area (Å²) in [7, 11) is 1.12. The predicted molar refractivity (Wildman–Crippen MR) is 101 cm³/mol. The van der Waals surface area contributed by atoms with Gasteiger partial charge in [0.25, 0.3) is 0 Å². The first-order valence-corrected chi connectivity index (χ1v) is 9.02. The molecule has 158 valence electrons. The van der Waals surface area contributed by atoms with Crippen LogP contribution in [0, 0.1) is 11.7 Å². The molecule has 0 bridgehead atoms. The minimum Gasteiger partial charge on any atom is -0.507 e. The molecule has 29 heavy (non-hydrogen) atoms. The molecule has 0 radical (unpaired) electrons. The molecular formula is C21H23F4NO3. The van der Waals surface area contributed by atoms with Crippen molar-refractivity contribution in [2.75, 3.05) is 7.11 Å². The fourth-order valence-electron chi connectivity index (χ4n) is 3.02. The van der Waals surface area contributed by atoms with E-state index in [2.05, 4.69) is 10.1 Å². The van der Waals surface area contributed by atoms with Crippen LogP contribution in [0.1, 0.15) is 31.9 Å². The Morgan fingerprint density at radius 2 is 1.76 bits per heavy atom. The molecule has 2 aromatic rings. The van der Waals surface area contributed by atoms with Gasteiger partial charge in [0.15, 0.2) is 0 Å². The summed E-state index contributed by atoms with van der Waals surface area (Å²) in [5.41, 5.74) is 0.294. The summed E-state index contributed by atoms with van der Waals surface area (Å²) in [5.74, 6) is -1.58. The van der Waals surface area contributed by atoms with Crippen LogP contribution in [0.5, 0.6) is 5.75 Å². The molecule has 0 aromatic heterocycles. The van der Waals surface area contributed by atoms with Gasteiger partial charge < -0.3 is 9.84 Å². The fraction of sp³-hybridized carbons (Fsp3) is 0.381. The van der Waals surface area contributed by atoms with Crippen LogP contribution in [0.4, 0.5) is 17.6 Å². The van der Waals surface area contributed by atoms with Crippen LogP contribution >= 0.6 is 0 Å². The van der Waals surface area contributed by atoms with E-state index in [1.807, 2.05) is 0 Å². The summed E-state index contributed by atoms with van der Waals surface area (Å²) in [6, 6.07) is 5.16. The molecule has 0 aliphatic rings. The van der Waals surface area contributed by atoms with Gasteiger partial charge in [-0.15, -0.1) is 0 Å². The van der Waals surface area contributed by atoms with E-state index in [4.69, 9.17) is 0 Å². The Kier molecular flexibility index (Phi) is 7.24. The van der Waals surface area contributed by atoms with E-state index in [-0.39, 0.29) is 29.2 Å². The number of rotatable bonds is 7. The van der Waals surface area contributed by atoms with Crippen LogP contribution < -0.4 is 5.32 Å². The highest BCUT2D eigenvalue weighted by molar-refractivity contribution is 5.76. The van der Waals surface area contributed by atoms with Crippen LogP contribution in [0.25, 0.3) is 11.1 Å². The number of phenols is 1. The number of nitrogens with one attached hydrogen (secondary N) is 1. The number of hydrogen-bond donors (Lipinski definition) is 2. The normalized spacial score (nSPS) is 13.9. The lowest BCUT2D eigenvalue weighted by molar-refractivity contribution is -0.164. The Morgan fingerprint density at radius 1 is 1.14 bits per heavy atom. The lowest BCUT2D eigenvalue weighted by atomic mass is 9.96. The van der Waals surface area contributed by atoms with Gasteiger partial charge in [-0.25, -0.2) is 4.39 Å². The summed E-state index contributed by atoms with van der Waals surface area (Å²) < 4.78 is 59.3. The van der Waals surface area contributed by atoms with Crippen molar-refractivity contribution in [2.24, 2.45) is 5.92 Å². The quantitative estimate of drug-likeness (QED) is 0.497. The van der Waals surface area contributed by atoms with E-state index in [1.165, 1.54) is 18.2 Å². The molecule has 0 fully saturated rings. The summed E-state index contributed by atoms with van der Waals surface area (Å²) in [4.78, 5) is 12.0. The lowest BCUT2D eigenvalue weighted by Crippen LogP contribution is -2.45. The third-order valence-electron chi connectivity index (χ3n) is 4.40. The maximum absolute atomic E-state index is 13.8. The molecule has 2 atom stereocenters. The largest absolute Gasteiger partial charge is 0.507 e. The predicted octanol–water partition coefficient (Wildman–Crippen LogP) is 4.98. The first-order chi connectivity index (χ1) is 13.5. The number of carbonyl (C=O) groups excluding carboxylic acids is 1. The number of aromatic hydroxyl groups is 1. The van der Waals surface area contributed by atoms with Crippen LogP contribution in [0.3, 0.4) is 0 Å². The maximum Gasteiger partial charge on any atom is 0.407 e. The molecule has 0 aliphatic carbocycles. The molecule has 1 unspecified atom stereocenters. The van der Waals surface area contributed by atoms with Crippen LogP contribution in [-0.4, -0.2) is 30.4 Å². The molecule has 2 N–H and O–H groups in total. The zero-order chi connectivity index (χ0) is 21.8. The highest BCUT2D eigenvalue weighted by atomic mass is 19.4. The highest BCUT2D eigenvalue weighted by Crippen LogP contribution is 2.38. The van der Waals surface area contributed by atoms with Crippen LogP contribution in [-0.2, 0) is 9.53 Å². The molecule has 0 saturated carbocycles.